The van der Waals surface area contributed by atoms with Crippen LogP contribution in [-0.2, 0) is 14.3 Å². The van der Waals surface area contributed by atoms with E-state index < -0.39 is 17.8 Å². The molecule has 1 aromatic rings. The van der Waals surface area contributed by atoms with Crippen molar-refractivity contribution >= 4 is 17.5 Å². The van der Waals surface area contributed by atoms with E-state index in [9.17, 15) is 14.0 Å². The molecule has 3 rings (SSSR count). The van der Waals surface area contributed by atoms with Crippen LogP contribution in [0.4, 0.5) is 10.1 Å². The van der Waals surface area contributed by atoms with Crippen LogP contribution < -0.4 is 10.6 Å². The number of ether oxygens (including phenoxy) is 1. The predicted octanol–water partition coefficient (Wildman–Crippen LogP) is 0.506. The minimum atomic E-state index is -0.714. The number of anilines is 1. The lowest BCUT2D eigenvalue weighted by molar-refractivity contribution is -0.147. The van der Waals surface area contributed by atoms with Gasteiger partial charge in [-0.25, -0.2) is 4.39 Å². The van der Waals surface area contributed by atoms with E-state index in [4.69, 9.17) is 10.5 Å². The SMILES string of the molecule is C[C@@H]1CN([C@H]2CCN(c3ccccc3F)C2=O)C[C@H](C(N)=O)O1. The van der Waals surface area contributed by atoms with Gasteiger partial charge in [0.25, 0.3) is 0 Å². The van der Waals surface area contributed by atoms with Gasteiger partial charge in [0.2, 0.25) is 11.8 Å². The molecule has 0 unspecified atom stereocenters. The Kier molecular flexibility index (Phi) is 4.32. The average molecular weight is 321 g/mol. The number of hydrogen-bond acceptors (Lipinski definition) is 4. The summed E-state index contributed by atoms with van der Waals surface area (Å²) in [6.07, 6.45) is -0.309. The smallest absolute Gasteiger partial charge is 0.247 e. The second kappa shape index (κ2) is 6.25. The molecule has 0 spiro atoms. The van der Waals surface area contributed by atoms with Gasteiger partial charge in [-0.1, -0.05) is 12.1 Å². The number of hydrogen-bond donors (Lipinski definition) is 1. The van der Waals surface area contributed by atoms with Crippen LogP contribution in [0, 0.1) is 5.82 Å². The van der Waals surface area contributed by atoms with Gasteiger partial charge in [-0.3, -0.25) is 14.5 Å². The Morgan fingerprint density at radius 2 is 2.09 bits per heavy atom. The highest BCUT2D eigenvalue weighted by Crippen LogP contribution is 2.28. The number of nitrogens with zero attached hydrogens (tertiary/aromatic N) is 2. The van der Waals surface area contributed by atoms with E-state index in [0.717, 1.165) is 0 Å². The number of carbonyl (C=O) groups excluding carboxylic acids is 2. The van der Waals surface area contributed by atoms with Gasteiger partial charge in [0.05, 0.1) is 17.8 Å². The molecule has 0 aromatic heterocycles. The number of morpholine rings is 1. The third-order valence-electron chi connectivity index (χ3n) is 4.37. The van der Waals surface area contributed by atoms with Gasteiger partial charge in [-0.2, -0.15) is 0 Å². The Morgan fingerprint density at radius 1 is 1.35 bits per heavy atom. The first-order valence-electron chi connectivity index (χ1n) is 7.72. The molecular formula is C16H20FN3O3. The Labute approximate surface area is 134 Å². The lowest BCUT2D eigenvalue weighted by Gasteiger charge is -2.38. The molecule has 124 valence electrons. The minimum Gasteiger partial charge on any atom is -0.367 e. The summed E-state index contributed by atoms with van der Waals surface area (Å²) in [5, 5.41) is 0. The first kappa shape index (κ1) is 15.9. The summed E-state index contributed by atoms with van der Waals surface area (Å²) in [5.74, 6) is -1.09. The molecule has 23 heavy (non-hydrogen) atoms. The van der Waals surface area contributed by atoms with Gasteiger partial charge in [0, 0.05) is 19.6 Å². The monoisotopic (exact) mass is 321 g/mol. The van der Waals surface area contributed by atoms with E-state index in [-0.39, 0.29) is 18.1 Å². The lowest BCUT2D eigenvalue weighted by atomic mass is 10.1. The maximum atomic E-state index is 13.9. The summed E-state index contributed by atoms with van der Waals surface area (Å²) >= 11 is 0. The van der Waals surface area contributed by atoms with Crippen molar-refractivity contribution in [2.24, 2.45) is 5.73 Å². The first-order valence-corrected chi connectivity index (χ1v) is 7.72. The summed E-state index contributed by atoms with van der Waals surface area (Å²) in [6.45, 7) is 3.14. The Morgan fingerprint density at radius 3 is 2.78 bits per heavy atom. The highest BCUT2D eigenvalue weighted by molar-refractivity contribution is 5.99. The maximum Gasteiger partial charge on any atom is 0.247 e. The normalized spacial score (nSPS) is 29.0. The number of rotatable bonds is 3. The molecule has 0 aliphatic carbocycles. The van der Waals surface area contributed by atoms with E-state index in [1.54, 1.807) is 18.2 Å². The van der Waals surface area contributed by atoms with E-state index in [2.05, 4.69) is 0 Å². The molecule has 2 aliphatic rings. The van der Waals surface area contributed by atoms with Crippen LogP contribution in [0.1, 0.15) is 13.3 Å². The first-order chi connectivity index (χ1) is 11.0. The van der Waals surface area contributed by atoms with E-state index in [0.29, 0.717) is 31.7 Å². The van der Waals surface area contributed by atoms with Crippen molar-refractivity contribution in [1.29, 1.82) is 0 Å². The van der Waals surface area contributed by atoms with Gasteiger partial charge in [0.15, 0.2) is 0 Å². The van der Waals surface area contributed by atoms with Crippen molar-refractivity contribution < 1.29 is 18.7 Å². The number of benzene rings is 1. The summed E-state index contributed by atoms with van der Waals surface area (Å²) in [7, 11) is 0. The number of halogens is 1. The van der Waals surface area contributed by atoms with Crippen molar-refractivity contribution in [3.8, 4) is 0 Å². The van der Waals surface area contributed by atoms with Crippen LogP contribution in [0.2, 0.25) is 0 Å². The quantitative estimate of drug-likeness (QED) is 0.880. The zero-order valence-corrected chi connectivity index (χ0v) is 12.9. The molecule has 3 atom stereocenters. The number of nitrogens with two attached hydrogens (primary N) is 1. The zero-order valence-electron chi connectivity index (χ0n) is 12.9. The lowest BCUT2D eigenvalue weighted by Crippen LogP contribution is -2.56. The Hall–Kier alpha value is -1.99. The molecule has 2 saturated heterocycles. The topological polar surface area (TPSA) is 75.9 Å². The van der Waals surface area contributed by atoms with Crippen LogP contribution in [0.5, 0.6) is 0 Å². The van der Waals surface area contributed by atoms with Gasteiger partial charge < -0.3 is 15.4 Å². The fraction of sp³-hybridized carbons (Fsp3) is 0.500. The van der Waals surface area contributed by atoms with Crippen molar-refractivity contribution in [1.82, 2.24) is 4.90 Å². The Balaban J connectivity index is 1.76. The minimum absolute atomic E-state index is 0.146. The van der Waals surface area contributed by atoms with E-state index in [1.807, 2.05) is 11.8 Å². The summed E-state index contributed by atoms with van der Waals surface area (Å²) in [6, 6.07) is 5.87. The molecule has 0 saturated carbocycles. The average Bonchev–Trinajstić information content (AvgIpc) is 2.88. The van der Waals surface area contributed by atoms with Crippen molar-refractivity contribution in [3.63, 3.8) is 0 Å². The largest absolute Gasteiger partial charge is 0.367 e. The number of primary amides is 1. The third kappa shape index (κ3) is 3.07. The highest BCUT2D eigenvalue weighted by atomic mass is 19.1. The van der Waals surface area contributed by atoms with Gasteiger partial charge in [-0.15, -0.1) is 0 Å². The predicted molar refractivity (Wildman–Crippen MR) is 82.3 cm³/mol. The summed E-state index contributed by atoms with van der Waals surface area (Å²) < 4.78 is 19.4. The zero-order chi connectivity index (χ0) is 16.6. The second-order valence-electron chi connectivity index (χ2n) is 6.04. The molecule has 2 heterocycles. The van der Waals surface area contributed by atoms with Crippen LogP contribution in [-0.4, -0.2) is 54.6 Å². The molecule has 2 N–H and O–H groups in total. The number of para-hydroxylation sites is 1. The third-order valence-corrected chi connectivity index (χ3v) is 4.37. The molecule has 0 bridgehead atoms. The number of amides is 2. The molecule has 2 amide bonds. The van der Waals surface area contributed by atoms with Crippen molar-refractivity contribution in [2.45, 2.75) is 31.6 Å². The second-order valence-corrected chi connectivity index (χ2v) is 6.04. The maximum absolute atomic E-state index is 13.9. The molecule has 0 radical (unpaired) electrons. The van der Waals surface area contributed by atoms with E-state index in [1.165, 1.54) is 11.0 Å². The Bertz CT molecular complexity index is 624. The van der Waals surface area contributed by atoms with Crippen LogP contribution in [0.25, 0.3) is 0 Å². The van der Waals surface area contributed by atoms with Crippen LogP contribution in [0.3, 0.4) is 0 Å². The molecule has 2 aliphatic heterocycles. The van der Waals surface area contributed by atoms with Crippen LogP contribution >= 0.6 is 0 Å². The van der Waals surface area contributed by atoms with Crippen LogP contribution in [0.15, 0.2) is 24.3 Å². The summed E-state index contributed by atoms with van der Waals surface area (Å²) in [4.78, 5) is 27.5. The van der Waals surface area contributed by atoms with E-state index >= 15 is 0 Å². The fourth-order valence-corrected chi connectivity index (χ4v) is 3.31. The van der Waals surface area contributed by atoms with Crippen molar-refractivity contribution in [3.05, 3.63) is 30.1 Å². The standard InChI is InChI=1S/C16H20FN3O3/c1-10-8-19(9-14(23-10)15(18)21)13-6-7-20(16(13)22)12-5-3-2-4-11(12)17/h2-5,10,13-14H,6-9H2,1H3,(H2,18,21)/t10-,13+,14-/m1/s1. The van der Waals surface area contributed by atoms with Gasteiger partial charge in [-0.05, 0) is 25.5 Å². The highest BCUT2D eigenvalue weighted by Gasteiger charge is 2.41. The molecule has 2 fully saturated rings. The van der Waals surface area contributed by atoms with Crippen molar-refractivity contribution in [2.75, 3.05) is 24.5 Å². The molecule has 7 heteroatoms. The van der Waals surface area contributed by atoms with Gasteiger partial charge in [0.1, 0.15) is 11.9 Å². The molecule has 1 aromatic carbocycles. The van der Waals surface area contributed by atoms with Gasteiger partial charge >= 0.3 is 0 Å². The fourth-order valence-electron chi connectivity index (χ4n) is 3.31. The number of carbonyl (C=O) groups is 2. The summed E-state index contributed by atoms with van der Waals surface area (Å²) in [5.41, 5.74) is 5.63. The molecule has 6 nitrogen and oxygen atoms in total. The molecular weight excluding hydrogens is 301 g/mol.